The van der Waals surface area contributed by atoms with Gasteiger partial charge in [-0.2, -0.15) is 0 Å². The van der Waals surface area contributed by atoms with E-state index in [0.717, 1.165) is 18.7 Å². The van der Waals surface area contributed by atoms with Crippen LogP contribution < -0.4 is 10.5 Å². The first kappa shape index (κ1) is 15.3. The molecule has 4 nitrogen and oxygen atoms in total. The van der Waals surface area contributed by atoms with Gasteiger partial charge in [-0.05, 0) is 46.7 Å². The maximum absolute atomic E-state index is 9.81. The Bertz CT molecular complexity index is 395. The van der Waals surface area contributed by atoms with Crippen LogP contribution >= 0.6 is 15.9 Å². The first-order chi connectivity index (χ1) is 8.58. The van der Waals surface area contributed by atoms with Crippen molar-refractivity contribution in [2.24, 2.45) is 5.73 Å². The highest BCUT2D eigenvalue weighted by molar-refractivity contribution is 9.10. The number of phenolic OH excluding ortho intramolecular Hbond substituents is 1. The van der Waals surface area contributed by atoms with Crippen LogP contribution in [-0.2, 0) is 0 Å². The molecule has 0 aliphatic heterocycles. The molecule has 0 heterocycles. The number of phenols is 1. The summed E-state index contributed by atoms with van der Waals surface area (Å²) in [6.45, 7) is 6.61. The van der Waals surface area contributed by atoms with Crippen molar-refractivity contribution in [2.75, 3.05) is 26.7 Å². The summed E-state index contributed by atoms with van der Waals surface area (Å²) in [6, 6.07) is 3.87. The monoisotopic (exact) mass is 316 g/mol. The van der Waals surface area contributed by atoms with Crippen molar-refractivity contribution in [3.8, 4) is 11.5 Å². The average Bonchev–Trinajstić information content (AvgIpc) is 2.39. The van der Waals surface area contributed by atoms with Gasteiger partial charge in [-0.15, -0.1) is 0 Å². The molecule has 3 N–H and O–H groups in total. The number of benzene rings is 1. The quantitative estimate of drug-likeness (QED) is 0.846. The van der Waals surface area contributed by atoms with Gasteiger partial charge in [-0.1, -0.05) is 13.8 Å². The van der Waals surface area contributed by atoms with E-state index in [4.69, 9.17) is 10.5 Å². The molecule has 0 spiro atoms. The van der Waals surface area contributed by atoms with Gasteiger partial charge in [-0.3, -0.25) is 4.90 Å². The Labute approximate surface area is 117 Å². The molecule has 0 aliphatic carbocycles. The highest BCUT2D eigenvalue weighted by Crippen LogP contribution is 2.37. The topological polar surface area (TPSA) is 58.7 Å². The third kappa shape index (κ3) is 3.16. The number of likely N-dealkylation sites (N-methyl/N-ethyl adjacent to an activating group) is 1. The number of halogens is 1. The lowest BCUT2D eigenvalue weighted by atomic mass is 10.0. The minimum absolute atomic E-state index is 0.122. The van der Waals surface area contributed by atoms with Crippen LogP contribution in [0.5, 0.6) is 11.5 Å². The van der Waals surface area contributed by atoms with E-state index in [1.807, 2.05) is 12.1 Å². The summed E-state index contributed by atoms with van der Waals surface area (Å²) in [7, 11) is 1.54. The van der Waals surface area contributed by atoms with Crippen molar-refractivity contribution in [3.63, 3.8) is 0 Å². The molecule has 102 valence electrons. The first-order valence-corrected chi connectivity index (χ1v) is 6.88. The minimum atomic E-state index is 0.122. The predicted octanol–water partition coefficient (Wildman–Crippen LogP) is 2.50. The number of ether oxygens (including phenoxy) is 1. The number of aromatic hydroxyl groups is 1. The average molecular weight is 317 g/mol. The summed E-state index contributed by atoms with van der Waals surface area (Å²) < 4.78 is 5.80. The molecule has 1 unspecified atom stereocenters. The van der Waals surface area contributed by atoms with Crippen LogP contribution in [0.3, 0.4) is 0 Å². The number of hydrogen-bond donors (Lipinski definition) is 2. The van der Waals surface area contributed by atoms with Gasteiger partial charge in [0.25, 0.3) is 0 Å². The number of methoxy groups -OCH3 is 1. The fraction of sp³-hybridized carbons (Fsp3) is 0.538. The van der Waals surface area contributed by atoms with E-state index in [0.29, 0.717) is 16.8 Å². The second kappa shape index (κ2) is 6.97. The molecule has 1 atom stereocenters. The fourth-order valence-corrected chi connectivity index (χ4v) is 2.56. The van der Waals surface area contributed by atoms with Gasteiger partial charge >= 0.3 is 0 Å². The van der Waals surface area contributed by atoms with Gasteiger partial charge in [0.05, 0.1) is 11.6 Å². The van der Waals surface area contributed by atoms with Crippen molar-refractivity contribution in [2.45, 2.75) is 19.9 Å². The summed E-state index contributed by atoms with van der Waals surface area (Å²) in [6.07, 6.45) is 0. The highest BCUT2D eigenvalue weighted by atomic mass is 79.9. The van der Waals surface area contributed by atoms with Gasteiger partial charge in [0.2, 0.25) is 0 Å². The standard InChI is InChI=1S/C13H21BrN2O2/c1-4-16(5-2)11(8-15)9-6-10(14)13(17)12(7-9)18-3/h6-7,11,17H,4-5,8,15H2,1-3H3. The van der Waals surface area contributed by atoms with Crippen LogP contribution in [0.15, 0.2) is 16.6 Å². The second-order valence-electron chi connectivity index (χ2n) is 4.03. The van der Waals surface area contributed by atoms with Crippen LogP contribution in [0, 0.1) is 0 Å². The van der Waals surface area contributed by atoms with Crippen molar-refractivity contribution in [1.29, 1.82) is 0 Å². The molecule has 0 fully saturated rings. The Morgan fingerprint density at radius 1 is 1.39 bits per heavy atom. The number of rotatable bonds is 6. The zero-order valence-electron chi connectivity index (χ0n) is 11.1. The van der Waals surface area contributed by atoms with Crippen molar-refractivity contribution < 1.29 is 9.84 Å². The normalized spacial score (nSPS) is 12.8. The summed E-state index contributed by atoms with van der Waals surface area (Å²) in [4.78, 5) is 2.28. The molecule has 0 saturated carbocycles. The van der Waals surface area contributed by atoms with Gasteiger partial charge in [-0.25, -0.2) is 0 Å². The maximum Gasteiger partial charge on any atom is 0.172 e. The van der Waals surface area contributed by atoms with Crippen LogP contribution in [-0.4, -0.2) is 36.8 Å². The summed E-state index contributed by atoms with van der Waals surface area (Å²) in [5.41, 5.74) is 6.92. The molecule has 0 bridgehead atoms. The van der Waals surface area contributed by atoms with E-state index >= 15 is 0 Å². The highest BCUT2D eigenvalue weighted by Gasteiger charge is 2.19. The van der Waals surface area contributed by atoms with Crippen LogP contribution in [0.1, 0.15) is 25.5 Å². The maximum atomic E-state index is 9.81. The largest absolute Gasteiger partial charge is 0.503 e. The number of nitrogens with zero attached hydrogens (tertiary/aromatic N) is 1. The van der Waals surface area contributed by atoms with E-state index in [2.05, 4.69) is 34.7 Å². The molecule has 1 rings (SSSR count). The Morgan fingerprint density at radius 3 is 2.44 bits per heavy atom. The third-order valence-electron chi connectivity index (χ3n) is 3.13. The molecule has 0 aromatic heterocycles. The van der Waals surface area contributed by atoms with E-state index < -0.39 is 0 Å². The molecule has 0 saturated heterocycles. The lowest BCUT2D eigenvalue weighted by molar-refractivity contribution is 0.223. The Hall–Kier alpha value is -0.780. The van der Waals surface area contributed by atoms with Crippen molar-refractivity contribution >= 4 is 15.9 Å². The molecule has 1 aromatic rings. The van der Waals surface area contributed by atoms with Gasteiger partial charge < -0.3 is 15.6 Å². The Balaban J connectivity index is 3.17. The summed E-state index contributed by atoms with van der Waals surface area (Å²) >= 11 is 3.34. The predicted molar refractivity (Wildman–Crippen MR) is 77.1 cm³/mol. The lowest BCUT2D eigenvalue weighted by Gasteiger charge is -2.29. The van der Waals surface area contributed by atoms with Gasteiger partial charge in [0, 0.05) is 12.6 Å². The van der Waals surface area contributed by atoms with Crippen LogP contribution in [0.2, 0.25) is 0 Å². The summed E-state index contributed by atoms with van der Waals surface area (Å²) in [5.74, 6) is 0.585. The van der Waals surface area contributed by atoms with Gasteiger partial charge in [0.15, 0.2) is 11.5 Å². The molecular weight excluding hydrogens is 296 g/mol. The molecule has 5 heteroatoms. The van der Waals surface area contributed by atoms with E-state index in [1.54, 1.807) is 7.11 Å². The summed E-state index contributed by atoms with van der Waals surface area (Å²) in [5, 5.41) is 9.81. The molecule has 1 aromatic carbocycles. The second-order valence-corrected chi connectivity index (χ2v) is 4.88. The fourth-order valence-electron chi connectivity index (χ4n) is 2.10. The molecule has 0 amide bonds. The molecule has 18 heavy (non-hydrogen) atoms. The van der Waals surface area contributed by atoms with Crippen LogP contribution in [0.25, 0.3) is 0 Å². The smallest absolute Gasteiger partial charge is 0.172 e. The number of hydrogen-bond acceptors (Lipinski definition) is 4. The minimum Gasteiger partial charge on any atom is -0.503 e. The van der Waals surface area contributed by atoms with Crippen molar-refractivity contribution in [1.82, 2.24) is 4.90 Å². The van der Waals surface area contributed by atoms with Crippen molar-refractivity contribution in [3.05, 3.63) is 22.2 Å². The lowest BCUT2D eigenvalue weighted by Crippen LogP contribution is -2.33. The molecule has 0 radical (unpaired) electrons. The Morgan fingerprint density at radius 2 is 2.00 bits per heavy atom. The first-order valence-electron chi connectivity index (χ1n) is 6.09. The van der Waals surface area contributed by atoms with E-state index in [1.165, 1.54) is 0 Å². The van der Waals surface area contributed by atoms with Crippen LogP contribution in [0.4, 0.5) is 0 Å². The zero-order chi connectivity index (χ0) is 13.7. The molecular formula is C13H21BrN2O2. The Kier molecular flexibility index (Phi) is 5.91. The third-order valence-corrected chi connectivity index (χ3v) is 3.74. The zero-order valence-corrected chi connectivity index (χ0v) is 12.7. The molecule has 0 aliphatic rings. The SMILES string of the molecule is CCN(CC)C(CN)c1cc(Br)c(O)c(OC)c1. The number of nitrogens with two attached hydrogens (primary N) is 1. The van der Waals surface area contributed by atoms with E-state index in [9.17, 15) is 5.11 Å². The van der Waals surface area contributed by atoms with E-state index in [-0.39, 0.29) is 11.8 Å². The van der Waals surface area contributed by atoms with Gasteiger partial charge in [0.1, 0.15) is 0 Å².